The van der Waals surface area contributed by atoms with Gasteiger partial charge in [-0.15, -0.1) is 0 Å². The third-order valence-corrected chi connectivity index (χ3v) is 3.32. The van der Waals surface area contributed by atoms with Crippen molar-refractivity contribution in [3.63, 3.8) is 0 Å². The molecule has 0 radical (unpaired) electrons. The molecule has 1 aliphatic rings. The molecule has 3 heteroatoms. The number of aliphatic hydroxyl groups excluding tert-OH is 1. The van der Waals surface area contributed by atoms with Gasteiger partial charge in [-0.2, -0.15) is 0 Å². The van der Waals surface area contributed by atoms with Crippen LogP contribution in [0.25, 0.3) is 0 Å². The monoisotopic (exact) mass is 220 g/mol. The number of pyridine rings is 1. The summed E-state index contributed by atoms with van der Waals surface area (Å²) in [6.45, 7) is 2.10. The summed E-state index contributed by atoms with van der Waals surface area (Å²) in [6, 6.07) is 6.38. The first-order valence-corrected chi connectivity index (χ1v) is 6.12. The molecule has 0 saturated heterocycles. The van der Waals surface area contributed by atoms with Gasteiger partial charge in [0.2, 0.25) is 0 Å². The standard InChI is InChI=1S/C13H20N2O/c1-10(11-6-4-5-9-14-11)15-12-7-2-3-8-13(12)16/h4-6,9-10,12-13,15-16H,2-3,7-8H2,1H3/t10?,12-,13-/m0/s1. The number of hydrogen-bond donors (Lipinski definition) is 2. The molecule has 0 spiro atoms. The average molecular weight is 220 g/mol. The van der Waals surface area contributed by atoms with Gasteiger partial charge >= 0.3 is 0 Å². The second kappa shape index (κ2) is 5.41. The number of rotatable bonds is 3. The van der Waals surface area contributed by atoms with Crippen molar-refractivity contribution in [3.8, 4) is 0 Å². The van der Waals surface area contributed by atoms with Crippen LogP contribution < -0.4 is 5.32 Å². The predicted molar refractivity (Wildman–Crippen MR) is 64.1 cm³/mol. The minimum atomic E-state index is -0.195. The molecule has 0 aromatic carbocycles. The zero-order chi connectivity index (χ0) is 11.4. The van der Waals surface area contributed by atoms with E-state index in [1.54, 1.807) is 0 Å². The summed E-state index contributed by atoms with van der Waals surface area (Å²) < 4.78 is 0. The highest BCUT2D eigenvalue weighted by Crippen LogP contribution is 2.21. The molecule has 1 unspecified atom stereocenters. The van der Waals surface area contributed by atoms with Gasteiger partial charge in [-0.05, 0) is 31.9 Å². The van der Waals surface area contributed by atoms with Crippen LogP contribution in [0.5, 0.6) is 0 Å². The summed E-state index contributed by atoms with van der Waals surface area (Å²) in [5.74, 6) is 0. The molecule has 2 rings (SSSR count). The first-order chi connectivity index (χ1) is 7.77. The average Bonchev–Trinajstić information content (AvgIpc) is 2.33. The maximum absolute atomic E-state index is 9.88. The molecule has 3 nitrogen and oxygen atoms in total. The SMILES string of the molecule is CC(N[C@H]1CCCC[C@@H]1O)c1ccccn1. The first-order valence-electron chi connectivity index (χ1n) is 6.12. The largest absolute Gasteiger partial charge is 0.392 e. The fourth-order valence-corrected chi connectivity index (χ4v) is 2.34. The van der Waals surface area contributed by atoms with E-state index in [4.69, 9.17) is 0 Å². The molecular weight excluding hydrogens is 200 g/mol. The smallest absolute Gasteiger partial charge is 0.0693 e. The van der Waals surface area contributed by atoms with E-state index in [-0.39, 0.29) is 18.2 Å². The molecule has 0 aliphatic heterocycles. The first kappa shape index (κ1) is 11.6. The molecule has 1 heterocycles. The lowest BCUT2D eigenvalue weighted by molar-refractivity contribution is 0.0857. The van der Waals surface area contributed by atoms with Crippen LogP contribution in [-0.2, 0) is 0 Å². The van der Waals surface area contributed by atoms with Crippen molar-refractivity contribution < 1.29 is 5.11 Å². The van der Waals surface area contributed by atoms with Crippen molar-refractivity contribution in [2.75, 3.05) is 0 Å². The molecule has 0 bridgehead atoms. The lowest BCUT2D eigenvalue weighted by Gasteiger charge is -2.30. The Balaban J connectivity index is 1.94. The molecule has 1 aromatic rings. The Morgan fingerprint density at radius 1 is 1.38 bits per heavy atom. The lowest BCUT2D eigenvalue weighted by Crippen LogP contribution is -2.43. The number of aliphatic hydroxyl groups is 1. The molecular formula is C13H20N2O. The Bertz CT molecular complexity index is 315. The number of hydrogen-bond acceptors (Lipinski definition) is 3. The minimum Gasteiger partial charge on any atom is -0.392 e. The normalized spacial score (nSPS) is 27.6. The van der Waals surface area contributed by atoms with E-state index < -0.39 is 0 Å². The van der Waals surface area contributed by atoms with E-state index in [1.165, 1.54) is 6.42 Å². The van der Waals surface area contributed by atoms with Crippen molar-refractivity contribution in [1.29, 1.82) is 0 Å². The Morgan fingerprint density at radius 2 is 2.19 bits per heavy atom. The zero-order valence-electron chi connectivity index (χ0n) is 9.76. The van der Waals surface area contributed by atoms with Crippen LogP contribution in [0.3, 0.4) is 0 Å². The van der Waals surface area contributed by atoms with Crippen LogP contribution in [0, 0.1) is 0 Å². The van der Waals surface area contributed by atoms with Gasteiger partial charge in [-0.25, -0.2) is 0 Å². The third-order valence-electron chi connectivity index (χ3n) is 3.32. The zero-order valence-corrected chi connectivity index (χ0v) is 9.76. The molecule has 3 atom stereocenters. The van der Waals surface area contributed by atoms with Crippen molar-refractivity contribution in [2.24, 2.45) is 0 Å². The van der Waals surface area contributed by atoms with E-state index in [1.807, 2.05) is 24.4 Å². The molecule has 88 valence electrons. The van der Waals surface area contributed by atoms with Gasteiger partial charge in [0.05, 0.1) is 11.8 Å². The van der Waals surface area contributed by atoms with Crippen LogP contribution in [0.1, 0.15) is 44.3 Å². The van der Waals surface area contributed by atoms with Gasteiger partial charge in [0, 0.05) is 18.3 Å². The van der Waals surface area contributed by atoms with Gasteiger partial charge in [-0.3, -0.25) is 4.98 Å². The molecule has 1 aliphatic carbocycles. The Labute approximate surface area is 96.9 Å². The molecule has 0 amide bonds. The van der Waals surface area contributed by atoms with Crippen molar-refractivity contribution in [1.82, 2.24) is 10.3 Å². The fraction of sp³-hybridized carbons (Fsp3) is 0.615. The van der Waals surface area contributed by atoms with E-state index in [9.17, 15) is 5.11 Å². The topological polar surface area (TPSA) is 45.1 Å². The second-order valence-electron chi connectivity index (χ2n) is 4.60. The van der Waals surface area contributed by atoms with Gasteiger partial charge in [0.15, 0.2) is 0 Å². The highest BCUT2D eigenvalue weighted by atomic mass is 16.3. The number of nitrogens with one attached hydrogen (secondary N) is 1. The fourth-order valence-electron chi connectivity index (χ4n) is 2.34. The molecule has 1 aromatic heterocycles. The highest BCUT2D eigenvalue weighted by Gasteiger charge is 2.24. The molecule has 1 fully saturated rings. The molecule has 1 saturated carbocycles. The van der Waals surface area contributed by atoms with Gasteiger partial charge in [0.1, 0.15) is 0 Å². The molecule has 16 heavy (non-hydrogen) atoms. The van der Waals surface area contributed by atoms with Crippen molar-refractivity contribution >= 4 is 0 Å². The lowest BCUT2D eigenvalue weighted by atomic mass is 9.92. The summed E-state index contributed by atoms with van der Waals surface area (Å²) in [4.78, 5) is 4.33. The Hall–Kier alpha value is -0.930. The van der Waals surface area contributed by atoms with Crippen molar-refractivity contribution in [3.05, 3.63) is 30.1 Å². The predicted octanol–water partition coefficient (Wildman–Crippen LogP) is 2.04. The summed E-state index contributed by atoms with van der Waals surface area (Å²) in [5.41, 5.74) is 1.04. The summed E-state index contributed by atoms with van der Waals surface area (Å²) in [7, 11) is 0. The summed E-state index contributed by atoms with van der Waals surface area (Å²) in [5, 5.41) is 13.4. The van der Waals surface area contributed by atoms with Gasteiger partial charge < -0.3 is 10.4 Å². The van der Waals surface area contributed by atoms with E-state index in [0.717, 1.165) is 25.0 Å². The van der Waals surface area contributed by atoms with E-state index in [2.05, 4.69) is 17.2 Å². The quantitative estimate of drug-likeness (QED) is 0.819. The van der Waals surface area contributed by atoms with Crippen LogP contribution in [0.15, 0.2) is 24.4 Å². The summed E-state index contributed by atoms with van der Waals surface area (Å²) in [6.07, 6.45) is 5.97. The maximum atomic E-state index is 9.88. The minimum absolute atomic E-state index is 0.195. The van der Waals surface area contributed by atoms with E-state index >= 15 is 0 Å². The van der Waals surface area contributed by atoms with Crippen LogP contribution in [-0.4, -0.2) is 22.2 Å². The number of nitrogens with zero attached hydrogens (tertiary/aromatic N) is 1. The maximum Gasteiger partial charge on any atom is 0.0693 e. The Kier molecular flexibility index (Phi) is 3.91. The van der Waals surface area contributed by atoms with Gasteiger partial charge in [-0.1, -0.05) is 18.9 Å². The van der Waals surface area contributed by atoms with Crippen molar-refractivity contribution in [2.45, 2.75) is 50.8 Å². The molecule has 2 N–H and O–H groups in total. The highest BCUT2D eigenvalue weighted by molar-refractivity contribution is 5.08. The van der Waals surface area contributed by atoms with Crippen LogP contribution in [0.4, 0.5) is 0 Å². The second-order valence-corrected chi connectivity index (χ2v) is 4.60. The number of aromatic nitrogens is 1. The van der Waals surface area contributed by atoms with Gasteiger partial charge in [0.25, 0.3) is 0 Å². The summed E-state index contributed by atoms with van der Waals surface area (Å²) >= 11 is 0. The van der Waals surface area contributed by atoms with Crippen LogP contribution in [0.2, 0.25) is 0 Å². The van der Waals surface area contributed by atoms with Crippen LogP contribution >= 0.6 is 0 Å². The third kappa shape index (κ3) is 2.80. The van der Waals surface area contributed by atoms with E-state index in [0.29, 0.717) is 0 Å². The Morgan fingerprint density at radius 3 is 2.88 bits per heavy atom.